The summed E-state index contributed by atoms with van der Waals surface area (Å²) in [5.41, 5.74) is 4.23. The summed E-state index contributed by atoms with van der Waals surface area (Å²) in [4.78, 5) is 32.6. The number of hydrogen-bond donors (Lipinski definition) is 3. The topological polar surface area (TPSA) is 101 Å². The van der Waals surface area contributed by atoms with Crippen LogP contribution in [0.3, 0.4) is 0 Å². The molecule has 86 valence electrons. The minimum Gasteiger partial charge on any atom is -0.369 e. The second kappa shape index (κ2) is 5.55. The van der Waals surface area contributed by atoms with E-state index in [9.17, 15) is 14.4 Å². The third kappa shape index (κ3) is 5.21. The van der Waals surface area contributed by atoms with E-state index in [1.807, 2.05) is 5.32 Å². The van der Waals surface area contributed by atoms with E-state index in [-0.39, 0.29) is 12.4 Å². The molecule has 4 amide bonds. The fourth-order valence-corrected chi connectivity index (χ4v) is 0.659. The van der Waals surface area contributed by atoms with E-state index in [2.05, 4.69) is 5.32 Å². The number of carbonyl (C=O) groups excluding carboxylic acids is 3. The lowest BCUT2D eigenvalue weighted by molar-refractivity contribution is -0.125. The smallest absolute Gasteiger partial charge is 0.321 e. The molecule has 0 fully saturated rings. The van der Waals surface area contributed by atoms with Gasteiger partial charge in [-0.1, -0.05) is 0 Å². The molecule has 0 rings (SSSR count). The molecule has 6 nitrogen and oxygen atoms in total. The molecule has 0 saturated carbocycles. The molecule has 15 heavy (non-hydrogen) atoms. The minimum absolute atomic E-state index is 0.0454. The standard InChI is InChI=1S/C8H14ClN3O3/c1-8(2,6(10)14)4-11-7(15)12-5(13)3-9/h3-4H2,1-2H3,(H2,10,14)(H2,11,12,13,15). The van der Waals surface area contributed by atoms with Gasteiger partial charge in [-0.25, -0.2) is 4.79 Å². The molecule has 0 aromatic rings. The summed E-state index contributed by atoms with van der Waals surface area (Å²) in [5.74, 6) is -1.44. The van der Waals surface area contributed by atoms with Crippen molar-refractivity contribution in [1.82, 2.24) is 10.6 Å². The molecule has 0 saturated heterocycles. The lowest BCUT2D eigenvalue weighted by Crippen LogP contribution is -2.47. The van der Waals surface area contributed by atoms with Crippen LogP contribution < -0.4 is 16.4 Å². The van der Waals surface area contributed by atoms with Crippen LogP contribution in [0.2, 0.25) is 0 Å². The molecule has 0 aliphatic rings. The zero-order valence-corrected chi connectivity index (χ0v) is 9.35. The van der Waals surface area contributed by atoms with Gasteiger partial charge in [-0.05, 0) is 13.8 Å². The van der Waals surface area contributed by atoms with Gasteiger partial charge < -0.3 is 11.1 Å². The van der Waals surface area contributed by atoms with Crippen molar-refractivity contribution in [2.75, 3.05) is 12.4 Å². The highest BCUT2D eigenvalue weighted by Gasteiger charge is 2.25. The van der Waals surface area contributed by atoms with E-state index in [1.54, 1.807) is 13.8 Å². The predicted octanol–water partition coefficient (Wildman–Crippen LogP) is -0.437. The molecule has 4 N–H and O–H groups in total. The fourth-order valence-electron chi connectivity index (χ4n) is 0.593. The van der Waals surface area contributed by atoms with Gasteiger partial charge in [0.1, 0.15) is 5.88 Å². The van der Waals surface area contributed by atoms with Gasteiger partial charge in [0.2, 0.25) is 11.8 Å². The largest absolute Gasteiger partial charge is 0.369 e. The Hall–Kier alpha value is -1.30. The Bertz CT molecular complexity index is 278. The number of alkyl halides is 1. The second-order valence-corrected chi connectivity index (χ2v) is 3.88. The van der Waals surface area contributed by atoms with E-state index in [0.29, 0.717) is 0 Å². The summed E-state index contributed by atoms with van der Waals surface area (Å²) in [6.07, 6.45) is 0. The lowest BCUT2D eigenvalue weighted by Gasteiger charge is -2.20. The van der Waals surface area contributed by atoms with Gasteiger partial charge in [-0.15, -0.1) is 11.6 Å². The van der Waals surface area contributed by atoms with Crippen LogP contribution in [0.5, 0.6) is 0 Å². The first kappa shape index (κ1) is 13.7. The summed E-state index contributed by atoms with van der Waals surface area (Å²) < 4.78 is 0. The van der Waals surface area contributed by atoms with E-state index in [0.717, 1.165) is 0 Å². The van der Waals surface area contributed by atoms with Crippen molar-refractivity contribution in [2.24, 2.45) is 11.1 Å². The second-order valence-electron chi connectivity index (χ2n) is 3.61. The SMILES string of the molecule is CC(C)(CNC(=O)NC(=O)CCl)C(N)=O. The third-order valence-corrected chi connectivity index (χ3v) is 1.97. The van der Waals surface area contributed by atoms with Gasteiger partial charge in [-0.2, -0.15) is 0 Å². The first-order valence-corrected chi connectivity index (χ1v) is 4.76. The van der Waals surface area contributed by atoms with Crippen LogP contribution in [0.25, 0.3) is 0 Å². The Morgan fingerprint density at radius 1 is 1.33 bits per heavy atom. The molecule has 0 atom stereocenters. The van der Waals surface area contributed by atoms with Crippen molar-refractivity contribution in [3.63, 3.8) is 0 Å². The average Bonchev–Trinajstić information content (AvgIpc) is 2.14. The monoisotopic (exact) mass is 235 g/mol. The molecule has 0 aliphatic heterocycles. The number of urea groups is 1. The molecule has 0 bridgehead atoms. The van der Waals surface area contributed by atoms with Crippen LogP contribution in [-0.2, 0) is 9.59 Å². The molecule has 0 radical (unpaired) electrons. The van der Waals surface area contributed by atoms with Crippen molar-refractivity contribution in [3.8, 4) is 0 Å². The Balaban J connectivity index is 4.01. The number of carbonyl (C=O) groups is 3. The fraction of sp³-hybridized carbons (Fsp3) is 0.625. The number of imide groups is 1. The molecular weight excluding hydrogens is 222 g/mol. The van der Waals surface area contributed by atoms with Crippen molar-refractivity contribution in [3.05, 3.63) is 0 Å². The predicted molar refractivity (Wildman–Crippen MR) is 55.2 cm³/mol. The number of nitrogens with two attached hydrogens (primary N) is 1. The molecule has 0 aliphatic carbocycles. The van der Waals surface area contributed by atoms with Crippen molar-refractivity contribution >= 4 is 29.4 Å². The highest BCUT2D eigenvalue weighted by molar-refractivity contribution is 6.28. The van der Waals surface area contributed by atoms with Gasteiger partial charge in [0, 0.05) is 6.54 Å². The first-order chi connectivity index (χ1) is 6.79. The normalized spacial score (nSPS) is 10.6. The number of halogens is 1. The zero-order chi connectivity index (χ0) is 12.1. The minimum atomic E-state index is -0.860. The summed E-state index contributed by atoms with van der Waals surface area (Å²) in [6, 6.07) is -0.699. The van der Waals surface area contributed by atoms with E-state index in [4.69, 9.17) is 17.3 Å². The Morgan fingerprint density at radius 3 is 2.27 bits per heavy atom. The van der Waals surface area contributed by atoms with E-state index in [1.165, 1.54) is 0 Å². The van der Waals surface area contributed by atoms with Crippen LogP contribution >= 0.6 is 11.6 Å². The zero-order valence-electron chi connectivity index (χ0n) is 8.59. The Labute approximate surface area is 92.5 Å². The molecule has 0 aromatic heterocycles. The lowest BCUT2D eigenvalue weighted by atomic mass is 9.93. The summed E-state index contributed by atoms with van der Waals surface area (Å²) in [5, 5.41) is 4.31. The molecule has 0 unspecified atom stereocenters. The van der Waals surface area contributed by atoms with Gasteiger partial charge >= 0.3 is 6.03 Å². The molecule has 0 aromatic carbocycles. The van der Waals surface area contributed by atoms with Crippen LogP contribution in [0.1, 0.15) is 13.8 Å². The molecular formula is C8H14ClN3O3. The van der Waals surface area contributed by atoms with E-state index >= 15 is 0 Å². The number of nitrogens with one attached hydrogen (secondary N) is 2. The Morgan fingerprint density at radius 2 is 1.87 bits per heavy atom. The highest BCUT2D eigenvalue weighted by atomic mass is 35.5. The van der Waals surface area contributed by atoms with Gasteiger partial charge in [-0.3, -0.25) is 14.9 Å². The quantitative estimate of drug-likeness (QED) is 0.576. The maximum atomic E-state index is 11.0. The number of amides is 4. The van der Waals surface area contributed by atoms with Gasteiger partial charge in [0.15, 0.2) is 0 Å². The van der Waals surface area contributed by atoms with Crippen molar-refractivity contribution < 1.29 is 14.4 Å². The van der Waals surface area contributed by atoms with Crippen LogP contribution in [0.4, 0.5) is 4.79 Å². The average molecular weight is 236 g/mol. The molecule has 0 spiro atoms. The maximum absolute atomic E-state index is 11.0. The van der Waals surface area contributed by atoms with Gasteiger partial charge in [0.25, 0.3) is 0 Å². The molecule has 0 heterocycles. The number of rotatable bonds is 4. The van der Waals surface area contributed by atoms with Crippen molar-refractivity contribution in [1.29, 1.82) is 0 Å². The summed E-state index contributed by atoms with van der Waals surface area (Å²) in [6.45, 7) is 3.21. The summed E-state index contributed by atoms with van der Waals surface area (Å²) in [7, 11) is 0. The Kier molecular flexibility index (Phi) is 5.07. The van der Waals surface area contributed by atoms with Crippen LogP contribution in [0, 0.1) is 5.41 Å². The highest BCUT2D eigenvalue weighted by Crippen LogP contribution is 2.11. The van der Waals surface area contributed by atoms with Gasteiger partial charge in [0.05, 0.1) is 5.41 Å². The van der Waals surface area contributed by atoms with E-state index < -0.39 is 23.3 Å². The third-order valence-electron chi connectivity index (χ3n) is 1.73. The van der Waals surface area contributed by atoms with Crippen LogP contribution in [-0.4, -0.2) is 30.3 Å². The first-order valence-electron chi connectivity index (χ1n) is 4.23. The van der Waals surface area contributed by atoms with Crippen LogP contribution in [0.15, 0.2) is 0 Å². The van der Waals surface area contributed by atoms with Crippen molar-refractivity contribution in [2.45, 2.75) is 13.8 Å². The molecule has 7 heteroatoms. The summed E-state index contributed by atoms with van der Waals surface area (Å²) >= 11 is 5.17. The number of hydrogen-bond acceptors (Lipinski definition) is 3. The maximum Gasteiger partial charge on any atom is 0.321 e. The number of primary amides is 1.